The van der Waals surface area contributed by atoms with Crippen molar-refractivity contribution in [2.24, 2.45) is 0 Å². The van der Waals surface area contributed by atoms with Gasteiger partial charge in [0.15, 0.2) is 0 Å². The number of rotatable bonds is 5. The Bertz CT molecular complexity index is 325. The van der Waals surface area contributed by atoms with Gasteiger partial charge in [0.25, 0.3) is 0 Å². The SMILES string of the molecule is O=C(O)c1ccccc1.OCC(O)CO.OCC(O)CO. The van der Waals surface area contributed by atoms with Gasteiger partial charge in [0.2, 0.25) is 0 Å². The molecule has 0 amide bonds. The predicted octanol–water partition coefficient (Wildman–Crippen LogP) is -1.95. The summed E-state index contributed by atoms with van der Waals surface area (Å²) in [5.41, 5.74) is 0.331. The van der Waals surface area contributed by atoms with Crippen molar-refractivity contribution in [3.8, 4) is 0 Å². The molecule has 0 saturated heterocycles. The van der Waals surface area contributed by atoms with Crippen molar-refractivity contribution in [3.05, 3.63) is 35.9 Å². The minimum absolute atomic E-state index is 0.331. The number of hydrogen-bond acceptors (Lipinski definition) is 7. The van der Waals surface area contributed by atoms with E-state index in [-0.39, 0.29) is 26.4 Å². The van der Waals surface area contributed by atoms with Gasteiger partial charge in [-0.05, 0) is 12.1 Å². The summed E-state index contributed by atoms with van der Waals surface area (Å²) in [7, 11) is 0. The maximum atomic E-state index is 10.2. The lowest BCUT2D eigenvalue weighted by Gasteiger charge is -1.96. The zero-order valence-electron chi connectivity index (χ0n) is 11.4. The molecule has 0 atom stereocenters. The zero-order chi connectivity index (χ0) is 16.7. The third-order valence-electron chi connectivity index (χ3n) is 1.86. The lowest BCUT2D eigenvalue weighted by atomic mass is 10.2. The van der Waals surface area contributed by atoms with E-state index in [1.165, 1.54) is 0 Å². The van der Waals surface area contributed by atoms with Gasteiger partial charge in [-0.3, -0.25) is 0 Å². The second-order valence-corrected chi connectivity index (χ2v) is 3.71. The summed E-state index contributed by atoms with van der Waals surface area (Å²) < 4.78 is 0. The first-order valence-corrected chi connectivity index (χ1v) is 6.00. The molecule has 8 nitrogen and oxygen atoms in total. The largest absolute Gasteiger partial charge is 0.478 e. The fraction of sp³-hybridized carbons (Fsp3) is 0.462. The van der Waals surface area contributed by atoms with E-state index >= 15 is 0 Å². The molecule has 8 heteroatoms. The number of aliphatic hydroxyl groups is 6. The average molecular weight is 306 g/mol. The number of carboxylic acids is 1. The minimum Gasteiger partial charge on any atom is -0.478 e. The molecule has 0 aromatic heterocycles. The van der Waals surface area contributed by atoms with Crippen LogP contribution in [0, 0.1) is 0 Å². The predicted molar refractivity (Wildman–Crippen MR) is 73.8 cm³/mol. The molecule has 0 radical (unpaired) electrons. The molecule has 1 rings (SSSR count). The smallest absolute Gasteiger partial charge is 0.335 e. The van der Waals surface area contributed by atoms with E-state index in [9.17, 15) is 4.79 Å². The van der Waals surface area contributed by atoms with E-state index in [1.54, 1.807) is 30.3 Å². The molecule has 0 spiro atoms. The highest BCUT2D eigenvalue weighted by molar-refractivity contribution is 5.87. The lowest BCUT2D eigenvalue weighted by molar-refractivity contribution is 0.0450. The molecule has 0 saturated carbocycles. The molecule has 21 heavy (non-hydrogen) atoms. The van der Waals surface area contributed by atoms with Crippen LogP contribution in [0.4, 0.5) is 0 Å². The molecular weight excluding hydrogens is 284 g/mol. The van der Waals surface area contributed by atoms with Crippen molar-refractivity contribution in [3.63, 3.8) is 0 Å². The molecular formula is C13H22O8. The highest BCUT2D eigenvalue weighted by Crippen LogP contribution is 1.96. The number of aliphatic hydroxyl groups excluding tert-OH is 6. The van der Waals surface area contributed by atoms with Gasteiger partial charge in [-0.25, -0.2) is 4.79 Å². The number of carbonyl (C=O) groups is 1. The first-order valence-electron chi connectivity index (χ1n) is 6.00. The Hall–Kier alpha value is -1.55. The third-order valence-corrected chi connectivity index (χ3v) is 1.86. The van der Waals surface area contributed by atoms with Gasteiger partial charge in [0.05, 0.1) is 32.0 Å². The van der Waals surface area contributed by atoms with Crippen molar-refractivity contribution in [2.45, 2.75) is 12.2 Å². The minimum atomic E-state index is -0.954. The van der Waals surface area contributed by atoms with Crippen molar-refractivity contribution in [1.82, 2.24) is 0 Å². The second-order valence-electron chi connectivity index (χ2n) is 3.71. The first-order chi connectivity index (χ1) is 9.92. The van der Waals surface area contributed by atoms with Gasteiger partial charge in [-0.15, -0.1) is 0 Å². The quantitative estimate of drug-likeness (QED) is 0.330. The topological polar surface area (TPSA) is 159 Å². The Balaban J connectivity index is 0. The maximum Gasteiger partial charge on any atom is 0.335 e. The molecule has 122 valence electrons. The zero-order valence-corrected chi connectivity index (χ0v) is 11.4. The fourth-order valence-corrected chi connectivity index (χ4v) is 0.696. The number of benzene rings is 1. The van der Waals surface area contributed by atoms with Crippen LogP contribution in [0.2, 0.25) is 0 Å². The highest BCUT2D eigenvalue weighted by atomic mass is 16.4. The van der Waals surface area contributed by atoms with Crippen LogP contribution in [0.3, 0.4) is 0 Å². The Morgan fingerprint density at radius 1 is 0.810 bits per heavy atom. The van der Waals surface area contributed by atoms with Crippen molar-refractivity contribution in [2.75, 3.05) is 26.4 Å². The van der Waals surface area contributed by atoms with Crippen molar-refractivity contribution >= 4 is 5.97 Å². The molecule has 7 N–H and O–H groups in total. The van der Waals surface area contributed by atoms with Gasteiger partial charge in [0.1, 0.15) is 12.2 Å². The summed E-state index contributed by atoms with van der Waals surface area (Å²) in [6.07, 6.45) is -1.91. The fourth-order valence-electron chi connectivity index (χ4n) is 0.696. The molecule has 0 unspecified atom stereocenters. The summed E-state index contributed by atoms with van der Waals surface area (Å²) in [5.74, 6) is -0.879. The van der Waals surface area contributed by atoms with E-state index in [0.717, 1.165) is 0 Å². The summed E-state index contributed by atoms with van der Waals surface area (Å²) in [6, 6.07) is 8.30. The molecule has 0 aliphatic carbocycles. The van der Waals surface area contributed by atoms with E-state index in [4.69, 9.17) is 35.7 Å². The van der Waals surface area contributed by atoms with Crippen LogP contribution in [0.15, 0.2) is 30.3 Å². The maximum absolute atomic E-state index is 10.2. The normalized spacial score (nSPS) is 9.52. The lowest BCUT2D eigenvalue weighted by Crippen LogP contribution is -2.15. The number of hydrogen-bond donors (Lipinski definition) is 7. The Morgan fingerprint density at radius 3 is 1.29 bits per heavy atom. The van der Waals surface area contributed by atoms with Crippen LogP contribution in [-0.4, -0.2) is 80.4 Å². The van der Waals surface area contributed by atoms with Crippen LogP contribution in [0.5, 0.6) is 0 Å². The number of aromatic carboxylic acids is 1. The second kappa shape index (κ2) is 14.9. The van der Waals surface area contributed by atoms with Crippen LogP contribution in [0.25, 0.3) is 0 Å². The summed E-state index contributed by atoms with van der Waals surface area (Å²) in [4.78, 5) is 10.2. The van der Waals surface area contributed by atoms with Crippen LogP contribution < -0.4 is 0 Å². The van der Waals surface area contributed by atoms with Crippen molar-refractivity contribution < 1.29 is 40.5 Å². The Morgan fingerprint density at radius 2 is 1.14 bits per heavy atom. The van der Waals surface area contributed by atoms with E-state index in [1.807, 2.05) is 0 Å². The first kappa shape index (κ1) is 21.7. The molecule has 1 aromatic carbocycles. The number of carboxylic acid groups (broad SMARTS) is 1. The third kappa shape index (κ3) is 14.7. The van der Waals surface area contributed by atoms with Gasteiger partial charge >= 0.3 is 5.97 Å². The average Bonchev–Trinajstić information content (AvgIpc) is 2.55. The van der Waals surface area contributed by atoms with Crippen LogP contribution in [0.1, 0.15) is 10.4 Å². The van der Waals surface area contributed by atoms with Gasteiger partial charge < -0.3 is 35.7 Å². The summed E-state index contributed by atoms with van der Waals surface area (Å²) in [5, 5.41) is 56.4. The van der Waals surface area contributed by atoms with E-state index in [2.05, 4.69) is 0 Å². The molecule has 0 heterocycles. The standard InChI is InChI=1S/C7H6O2.2C3H8O3/c8-7(9)6-4-2-1-3-5-6;2*4-1-3(6)2-5/h1-5H,(H,8,9);2*3-6H,1-2H2. The van der Waals surface area contributed by atoms with Gasteiger partial charge in [-0.1, -0.05) is 18.2 Å². The molecule has 0 bridgehead atoms. The molecule has 0 fully saturated rings. The summed E-state index contributed by atoms with van der Waals surface area (Å²) in [6.45, 7) is -1.46. The monoisotopic (exact) mass is 306 g/mol. The highest BCUT2D eigenvalue weighted by Gasteiger charge is 1.96. The van der Waals surface area contributed by atoms with Gasteiger partial charge in [-0.2, -0.15) is 0 Å². The molecule has 0 aliphatic rings. The van der Waals surface area contributed by atoms with Gasteiger partial charge in [0, 0.05) is 0 Å². The Labute approximate surface area is 122 Å². The van der Waals surface area contributed by atoms with E-state index in [0.29, 0.717) is 5.56 Å². The Kier molecular flexibility index (Phi) is 15.4. The molecule has 1 aromatic rings. The van der Waals surface area contributed by atoms with E-state index < -0.39 is 18.2 Å². The summed E-state index contributed by atoms with van der Waals surface area (Å²) >= 11 is 0. The van der Waals surface area contributed by atoms with Crippen LogP contribution in [-0.2, 0) is 0 Å². The van der Waals surface area contributed by atoms with Crippen molar-refractivity contribution in [1.29, 1.82) is 0 Å². The van der Waals surface area contributed by atoms with Crippen LogP contribution >= 0.6 is 0 Å². The molecule has 0 aliphatic heterocycles.